The minimum Gasteiger partial charge on any atom is -0.494 e. The third-order valence-corrected chi connectivity index (χ3v) is 4.90. The number of thioether (sulfide) groups is 1. The van der Waals surface area contributed by atoms with Crippen LogP contribution in [0.3, 0.4) is 0 Å². The quantitative estimate of drug-likeness (QED) is 0.684. The Labute approximate surface area is 143 Å². The molecule has 0 aromatic heterocycles. The third-order valence-electron chi connectivity index (χ3n) is 3.92. The lowest BCUT2D eigenvalue weighted by molar-refractivity contribution is -0.118. The van der Waals surface area contributed by atoms with E-state index in [0.717, 1.165) is 30.0 Å². The second-order valence-corrected chi connectivity index (χ2v) is 6.73. The summed E-state index contributed by atoms with van der Waals surface area (Å²) in [4.78, 5) is 11.9. The first-order chi connectivity index (χ1) is 11.3. The number of para-hydroxylation sites is 1. The van der Waals surface area contributed by atoms with Gasteiger partial charge in [0.2, 0.25) is 5.91 Å². The number of carbonyl (C=O) groups is 1. The van der Waals surface area contributed by atoms with Gasteiger partial charge in [-0.2, -0.15) is 0 Å². The number of rotatable bonds is 9. The molecule has 0 unspecified atom stereocenters. The van der Waals surface area contributed by atoms with Crippen molar-refractivity contribution in [3.8, 4) is 5.75 Å². The lowest BCUT2D eigenvalue weighted by Crippen LogP contribution is -2.26. The van der Waals surface area contributed by atoms with Crippen molar-refractivity contribution in [2.45, 2.75) is 44.8 Å². The molecule has 2 rings (SSSR count). The predicted octanol–water partition coefficient (Wildman–Crippen LogP) is 4.33. The molecule has 1 aromatic rings. The molecule has 126 valence electrons. The minimum atomic E-state index is 0.125. The van der Waals surface area contributed by atoms with Crippen LogP contribution in [0.25, 0.3) is 0 Å². The Morgan fingerprint density at radius 1 is 1.30 bits per heavy atom. The molecule has 0 radical (unpaired) electrons. The highest BCUT2D eigenvalue weighted by atomic mass is 32.2. The largest absolute Gasteiger partial charge is 0.494 e. The number of benzene rings is 1. The summed E-state index contributed by atoms with van der Waals surface area (Å²) in [6.07, 6.45) is 8.38. The first-order valence-electron chi connectivity index (χ1n) is 8.52. The van der Waals surface area contributed by atoms with Crippen LogP contribution >= 0.6 is 11.8 Å². The number of carbonyl (C=O) groups excluding carboxylic acids is 1. The van der Waals surface area contributed by atoms with E-state index in [1.54, 1.807) is 11.8 Å². The SMILES string of the molecule is CCOc1ccccc1CSCC(=O)NCCC1=CCCCC1. The van der Waals surface area contributed by atoms with Crippen molar-refractivity contribution in [3.05, 3.63) is 41.5 Å². The molecule has 23 heavy (non-hydrogen) atoms. The summed E-state index contributed by atoms with van der Waals surface area (Å²) in [5, 5.41) is 3.02. The van der Waals surface area contributed by atoms with Crippen molar-refractivity contribution in [1.29, 1.82) is 0 Å². The van der Waals surface area contributed by atoms with Gasteiger partial charge in [-0.15, -0.1) is 11.8 Å². The topological polar surface area (TPSA) is 38.3 Å². The Balaban J connectivity index is 1.64. The van der Waals surface area contributed by atoms with E-state index >= 15 is 0 Å². The van der Waals surface area contributed by atoms with Gasteiger partial charge in [0.25, 0.3) is 0 Å². The molecule has 0 spiro atoms. The number of hydrogen-bond donors (Lipinski definition) is 1. The van der Waals surface area contributed by atoms with Gasteiger partial charge in [0.05, 0.1) is 12.4 Å². The van der Waals surface area contributed by atoms with Crippen LogP contribution in [-0.4, -0.2) is 24.8 Å². The van der Waals surface area contributed by atoms with Gasteiger partial charge in [0.15, 0.2) is 0 Å². The molecule has 1 amide bonds. The molecule has 1 aliphatic rings. The molecule has 0 saturated carbocycles. The zero-order valence-corrected chi connectivity index (χ0v) is 14.8. The zero-order chi connectivity index (χ0) is 16.3. The monoisotopic (exact) mass is 333 g/mol. The minimum absolute atomic E-state index is 0.125. The Morgan fingerprint density at radius 3 is 2.96 bits per heavy atom. The van der Waals surface area contributed by atoms with Crippen molar-refractivity contribution in [2.24, 2.45) is 0 Å². The van der Waals surface area contributed by atoms with Crippen LogP contribution in [0.1, 0.15) is 44.6 Å². The van der Waals surface area contributed by atoms with Crippen LogP contribution in [0, 0.1) is 0 Å². The zero-order valence-electron chi connectivity index (χ0n) is 14.0. The summed E-state index contributed by atoms with van der Waals surface area (Å²) in [6.45, 7) is 3.41. The lowest BCUT2D eigenvalue weighted by Gasteiger charge is -2.13. The summed E-state index contributed by atoms with van der Waals surface area (Å²) in [5.74, 6) is 2.35. The number of allylic oxidation sites excluding steroid dienone is 1. The molecule has 0 fully saturated rings. The van der Waals surface area contributed by atoms with Crippen molar-refractivity contribution >= 4 is 17.7 Å². The summed E-state index contributed by atoms with van der Waals surface area (Å²) >= 11 is 1.63. The summed E-state index contributed by atoms with van der Waals surface area (Å²) in [6, 6.07) is 8.03. The van der Waals surface area contributed by atoms with Crippen molar-refractivity contribution < 1.29 is 9.53 Å². The first-order valence-corrected chi connectivity index (χ1v) is 9.68. The van der Waals surface area contributed by atoms with Gasteiger partial charge in [0, 0.05) is 17.9 Å². The van der Waals surface area contributed by atoms with Crippen LogP contribution < -0.4 is 10.1 Å². The fourth-order valence-electron chi connectivity index (χ4n) is 2.72. The van der Waals surface area contributed by atoms with E-state index in [-0.39, 0.29) is 5.91 Å². The standard InChI is InChI=1S/C19H27NO2S/c1-2-22-18-11-7-6-10-17(18)14-23-15-19(21)20-13-12-16-8-4-3-5-9-16/h6-8,10-11H,2-5,9,12-15H2,1H3,(H,20,21). The van der Waals surface area contributed by atoms with Gasteiger partial charge in [-0.3, -0.25) is 4.79 Å². The molecule has 4 heteroatoms. The van der Waals surface area contributed by atoms with Crippen molar-refractivity contribution in [3.63, 3.8) is 0 Å². The van der Waals surface area contributed by atoms with Gasteiger partial charge >= 0.3 is 0 Å². The van der Waals surface area contributed by atoms with Gasteiger partial charge in [-0.1, -0.05) is 29.8 Å². The second kappa shape index (κ2) is 10.4. The van der Waals surface area contributed by atoms with Crippen molar-refractivity contribution in [2.75, 3.05) is 18.9 Å². The van der Waals surface area contributed by atoms with Crippen LogP contribution in [0.5, 0.6) is 5.75 Å². The molecule has 1 aliphatic carbocycles. The summed E-state index contributed by atoms with van der Waals surface area (Å²) in [7, 11) is 0. The van der Waals surface area contributed by atoms with E-state index in [1.807, 2.05) is 25.1 Å². The number of ether oxygens (including phenoxy) is 1. The smallest absolute Gasteiger partial charge is 0.230 e. The van der Waals surface area contributed by atoms with Gasteiger partial charge in [-0.05, 0) is 45.1 Å². The lowest BCUT2D eigenvalue weighted by atomic mass is 9.97. The predicted molar refractivity (Wildman–Crippen MR) is 98.0 cm³/mol. The highest BCUT2D eigenvalue weighted by Crippen LogP contribution is 2.23. The maximum absolute atomic E-state index is 11.9. The number of nitrogens with one attached hydrogen (secondary N) is 1. The highest BCUT2D eigenvalue weighted by molar-refractivity contribution is 7.99. The second-order valence-electron chi connectivity index (χ2n) is 5.74. The van der Waals surface area contributed by atoms with Crippen LogP contribution in [-0.2, 0) is 10.5 Å². The van der Waals surface area contributed by atoms with E-state index in [1.165, 1.54) is 31.3 Å². The van der Waals surface area contributed by atoms with E-state index in [2.05, 4.69) is 17.5 Å². The molecule has 0 saturated heterocycles. The van der Waals surface area contributed by atoms with Crippen LogP contribution in [0.2, 0.25) is 0 Å². The molecular weight excluding hydrogens is 306 g/mol. The van der Waals surface area contributed by atoms with E-state index < -0.39 is 0 Å². The van der Waals surface area contributed by atoms with Crippen LogP contribution in [0.4, 0.5) is 0 Å². The molecule has 0 heterocycles. The number of amides is 1. The molecule has 1 aromatic carbocycles. The van der Waals surface area contributed by atoms with Gasteiger partial charge in [0.1, 0.15) is 5.75 Å². The molecular formula is C19H27NO2S. The highest BCUT2D eigenvalue weighted by Gasteiger charge is 2.07. The molecule has 3 nitrogen and oxygen atoms in total. The maximum Gasteiger partial charge on any atom is 0.230 e. The molecule has 0 atom stereocenters. The molecule has 0 aliphatic heterocycles. The normalized spacial score (nSPS) is 14.2. The molecule has 1 N–H and O–H groups in total. The Hall–Kier alpha value is -1.42. The van der Waals surface area contributed by atoms with Crippen molar-refractivity contribution in [1.82, 2.24) is 5.32 Å². The fourth-order valence-corrected chi connectivity index (χ4v) is 3.57. The van der Waals surface area contributed by atoms with E-state index in [9.17, 15) is 4.79 Å². The Bertz CT molecular complexity index is 528. The third kappa shape index (κ3) is 6.69. The Kier molecular flexibility index (Phi) is 8.08. The van der Waals surface area contributed by atoms with Gasteiger partial charge in [-0.25, -0.2) is 0 Å². The maximum atomic E-state index is 11.9. The fraction of sp³-hybridized carbons (Fsp3) is 0.526. The van der Waals surface area contributed by atoms with Gasteiger partial charge < -0.3 is 10.1 Å². The summed E-state index contributed by atoms with van der Waals surface area (Å²) < 4.78 is 5.61. The van der Waals surface area contributed by atoms with Crippen LogP contribution in [0.15, 0.2) is 35.9 Å². The Morgan fingerprint density at radius 2 is 2.17 bits per heavy atom. The average Bonchev–Trinajstić information content (AvgIpc) is 2.58. The molecule has 0 bridgehead atoms. The summed E-state index contributed by atoms with van der Waals surface area (Å²) in [5.41, 5.74) is 2.66. The average molecular weight is 333 g/mol. The van der Waals surface area contributed by atoms with E-state index in [4.69, 9.17) is 4.74 Å². The number of hydrogen-bond acceptors (Lipinski definition) is 3. The first kappa shape index (κ1) is 17.9. The van der Waals surface area contributed by atoms with E-state index in [0.29, 0.717) is 12.4 Å².